The molecule has 1 aliphatic carbocycles. The Morgan fingerprint density at radius 1 is 1.20 bits per heavy atom. The average Bonchev–Trinajstić information content (AvgIpc) is 2.88. The van der Waals surface area contributed by atoms with Crippen molar-refractivity contribution in [3.63, 3.8) is 0 Å². The number of hydrogen-bond acceptors (Lipinski definition) is 2. The van der Waals surface area contributed by atoms with Crippen LogP contribution in [-0.2, 0) is 6.42 Å². The molecule has 0 amide bonds. The molecule has 1 aliphatic rings. The molecule has 0 saturated carbocycles. The van der Waals surface area contributed by atoms with E-state index >= 15 is 0 Å². The predicted molar refractivity (Wildman–Crippen MR) is 81.6 cm³/mol. The highest BCUT2D eigenvalue weighted by molar-refractivity contribution is 5.38. The van der Waals surface area contributed by atoms with Crippen LogP contribution < -0.4 is 5.32 Å². The van der Waals surface area contributed by atoms with Gasteiger partial charge < -0.3 is 10.4 Å². The van der Waals surface area contributed by atoms with Crippen molar-refractivity contribution in [1.82, 2.24) is 5.32 Å². The van der Waals surface area contributed by atoms with E-state index in [0.29, 0.717) is 6.04 Å². The van der Waals surface area contributed by atoms with E-state index in [1.54, 1.807) is 0 Å². The number of aryl methyl sites for hydroxylation is 2. The number of rotatable bonds is 4. The van der Waals surface area contributed by atoms with Crippen molar-refractivity contribution in [1.29, 1.82) is 0 Å². The van der Waals surface area contributed by atoms with Gasteiger partial charge in [0.05, 0.1) is 12.6 Å². The lowest BCUT2D eigenvalue weighted by molar-refractivity contribution is 0.233. The van der Waals surface area contributed by atoms with Gasteiger partial charge in [-0.05, 0) is 36.5 Å². The first-order chi connectivity index (χ1) is 9.78. The van der Waals surface area contributed by atoms with E-state index in [0.717, 1.165) is 18.4 Å². The van der Waals surface area contributed by atoms with Gasteiger partial charge in [-0.15, -0.1) is 0 Å². The molecule has 0 aliphatic heterocycles. The molecular weight excluding hydrogens is 246 g/mol. The Morgan fingerprint density at radius 3 is 2.75 bits per heavy atom. The molecule has 2 nitrogen and oxygen atoms in total. The molecule has 2 atom stereocenters. The van der Waals surface area contributed by atoms with Gasteiger partial charge in [0.25, 0.3) is 0 Å². The van der Waals surface area contributed by atoms with Gasteiger partial charge in [-0.2, -0.15) is 0 Å². The summed E-state index contributed by atoms with van der Waals surface area (Å²) >= 11 is 0. The molecule has 2 heteroatoms. The van der Waals surface area contributed by atoms with E-state index in [1.165, 1.54) is 16.7 Å². The van der Waals surface area contributed by atoms with Crippen LogP contribution >= 0.6 is 0 Å². The molecule has 0 saturated heterocycles. The fraction of sp³-hybridized carbons (Fsp3) is 0.333. The first-order valence-corrected chi connectivity index (χ1v) is 7.29. The van der Waals surface area contributed by atoms with E-state index in [-0.39, 0.29) is 12.6 Å². The summed E-state index contributed by atoms with van der Waals surface area (Å²) in [5.41, 5.74) is 5.30. The normalized spacial score (nSPS) is 18.8. The molecule has 3 rings (SSSR count). The second kappa shape index (κ2) is 5.78. The zero-order valence-corrected chi connectivity index (χ0v) is 11.8. The Kier molecular flexibility index (Phi) is 3.86. The van der Waals surface area contributed by atoms with Crippen molar-refractivity contribution in [2.75, 3.05) is 6.61 Å². The highest BCUT2D eigenvalue weighted by atomic mass is 16.3. The van der Waals surface area contributed by atoms with E-state index in [4.69, 9.17) is 0 Å². The Hall–Kier alpha value is -1.64. The maximum absolute atomic E-state index is 9.68. The van der Waals surface area contributed by atoms with Gasteiger partial charge in [0.1, 0.15) is 0 Å². The summed E-state index contributed by atoms with van der Waals surface area (Å²) in [7, 11) is 0. The van der Waals surface area contributed by atoms with Gasteiger partial charge in [-0.3, -0.25) is 0 Å². The van der Waals surface area contributed by atoms with Gasteiger partial charge in [0, 0.05) is 6.04 Å². The molecule has 2 aromatic rings. The zero-order chi connectivity index (χ0) is 13.9. The number of benzene rings is 2. The molecule has 0 heterocycles. The largest absolute Gasteiger partial charge is 0.394 e. The minimum absolute atomic E-state index is 0.00709. The molecule has 0 fully saturated rings. The maximum Gasteiger partial charge on any atom is 0.0626 e. The summed E-state index contributed by atoms with van der Waals surface area (Å²) in [5.74, 6) is 0. The maximum atomic E-state index is 9.68. The van der Waals surface area contributed by atoms with Gasteiger partial charge in [-0.1, -0.05) is 54.1 Å². The van der Waals surface area contributed by atoms with Crippen molar-refractivity contribution < 1.29 is 5.11 Å². The second-order valence-corrected chi connectivity index (χ2v) is 5.61. The highest BCUT2D eigenvalue weighted by Crippen LogP contribution is 2.33. The minimum Gasteiger partial charge on any atom is -0.394 e. The summed E-state index contributed by atoms with van der Waals surface area (Å²) in [5, 5.41) is 13.3. The third-order valence-corrected chi connectivity index (χ3v) is 4.17. The monoisotopic (exact) mass is 267 g/mol. The molecule has 1 unspecified atom stereocenters. The number of fused-ring (bicyclic) bond motifs is 1. The lowest BCUT2D eigenvalue weighted by atomic mass is 10.0. The molecule has 0 bridgehead atoms. The lowest BCUT2D eigenvalue weighted by Gasteiger charge is -2.22. The summed E-state index contributed by atoms with van der Waals surface area (Å²) < 4.78 is 0. The van der Waals surface area contributed by atoms with Gasteiger partial charge >= 0.3 is 0 Å². The van der Waals surface area contributed by atoms with Crippen molar-refractivity contribution in [3.05, 3.63) is 70.8 Å². The Balaban J connectivity index is 1.81. The van der Waals surface area contributed by atoms with Crippen LogP contribution in [0.1, 0.15) is 40.8 Å². The van der Waals surface area contributed by atoms with E-state index in [2.05, 4.69) is 42.6 Å². The minimum atomic E-state index is 0.00709. The fourth-order valence-electron chi connectivity index (χ4n) is 3.08. The van der Waals surface area contributed by atoms with Crippen molar-refractivity contribution in [3.8, 4) is 0 Å². The summed E-state index contributed by atoms with van der Waals surface area (Å²) in [6.45, 7) is 2.26. The van der Waals surface area contributed by atoms with Crippen LogP contribution in [0.25, 0.3) is 0 Å². The van der Waals surface area contributed by atoms with Gasteiger partial charge in [0.2, 0.25) is 0 Å². The van der Waals surface area contributed by atoms with Crippen LogP contribution in [0.15, 0.2) is 48.5 Å². The molecule has 0 spiro atoms. The van der Waals surface area contributed by atoms with Crippen LogP contribution in [0, 0.1) is 6.92 Å². The van der Waals surface area contributed by atoms with Crippen molar-refractivity contribution >= 4 is 0 Å². The third kappa shape index (κ3) is 2.62. The first-order valence-electron chi connectivity index (χ1n) is 7.29. The van der Waals surface area contributed by atoms with Crippen LogP contribution in [0.4, 0.5) is 0 Å². The lowest BCUT2D eigenvalue weighted by Crippen LogP contribution is -2.27. The number of aliphatic hydroxyl groups excluding tert-OH is 1. The van der Waals surface area contributed by atoms with E-state index in [9.17, 15) is 5.11 Å². The Labute approximate surface area is 120 Å². The highest BCUT2D eigenvalue weighted by Gasteiger charge is 2.25. The quantitative estimate of drug-likeness (QED) is 0.891. The fourth-order valence-corrected chi connectivity index (χ4v) is 3.08. The first kappa shape index (κ1) is 13.3. The molecule has 20 heavy (non-hydrogen) atoms. The van der Waals surface area contributed by atoms with Gasteiger partial charge in [0.15, 0.2) is 0 Å². The molecule has 2 N–H and O–H groups in total. The van der Waals surface area contributed by atoms with Crippen molar-refractivity contribution in [2.45, 2.75) is 31.8 Å². The van der Waals surface area contributed by atoms with E-state index < -0.39 is 0 Å². The number of aliphatic hydroxyl groups is 1. The second-order valence-electron chi connectivity index (χ2n) is 5.61. The molecule has 2 aromatic carbocycles. The van der Waals surface area contributed by atoms with Crippen LogP contribution in [0.3, 0.4) is 0 Å². The summed E-state index contributed by atoms with van der Waals surface area (Å²) in [6.07, 6.45) is 2.24. The Morgan fingerprint density at radius 2 is 2.00 bits per heavy atom. The van der Waals surface area contributed by atoms with Crippen LogP contribution in [0.2, 0.25) is 0 Å². The standard InChI is InChI=1S/C18H21NO/c1-13-7-8-14-9-10-17(16(14)11-13)19-18(12-20)15-5-3-2-4-6-15/h2-8,11,17-20H,9-10,12H2,1H3/t17?,18-/m0/s1. The predicted octanol–water partition coefficient (Wildman–Crippen LogP) is 3.31. The zero-order valence-electron chi connectivity index (χ0n) is 11.8. The molecular formula is C18H21NO. The smallest absolute Gasteiger partial charge is 0.0626 e. The Bertz CT molecular complexity index is 579. The molecule has 0 aromatic heterocycles. The number of nitrogens with one attached hydrogen (secondary N) is 1. The summed E-state index contributed by atoms with van der Waals surface area (Å²) in [6, 6.07) is 17.2. The number of hydrogen-bond donors (Lipinski definition) is 2. The SMILES string of the molecule is Cc1ccc2c(c1)C(N[C@@H](CO)c1ccccc1)CC2. The topological polar surface area (TPSA) is 32.3 Å². The average molecular weight is 267 g/mol. The molecule has 0 radical (unpaired) electrons. The third-order valence-electron chi connectivity index (χ3n) is 4.17. The van der Waals surface area contributed by atoms with Crippen LogP contribution in [0.5, 0.6) is 0 Å². The van der Waals surface area contributed by atoms with Gasteiger partial charge in [-0.25, -0.2) is 0 Å². The molecule has 104 valence electrons. The van der Waals surface area contributed by atoms with Crippen LogP contribution in [-0.4, -0.2) is 11.7 Å². The summed E-state index contributed by atoms with van der Waals surface area (Å²) in [4.78, 5) is 0. The van der Waals surface area contributed by atoms with Crippen molar-refractivity contribution in [2.24, 2.45) is 0 Å². The van der Waals surface area contributed by atoms with E-state index in [1.807, 2.05) is 18.2 Å².